The minimum absolute atomic E-state index is 0.292. The minimum atomic E-state index is -0.470. The van der Waals surface area contributed by atoms with Crippen LogP contribution in [0.4, 0.5) is 0 Å². The molecule has 0 spiro atoms. The average Bonchev–Trinajstić information content (AvgIpc) is 3.18. The lowest BCUT2D eigenvalue weighted by Crippen LogP contribution is -2.02. The van der Waals surface area contributed by atoms with Gasteiger partial charge in [0.05, 0.1) is 12.7 Å². The molecule has 1 aliphatic heterocycles. The molecule has 1 atom stereocenters. The van der Waals surface area contributed by atoms with Crippen molar-refractivity contribution in [2.24, 2.45) is 0 Å². The SMILES string of the molecule is COc1ccc2ccccc2c1-c1c2c(cc3ccccc13)C(=O)O[C@@H]2c1ccccc1. The van der Waals surface area contributed by atoms with E-state index in [1.807, 2.05) is 72.8 Å². The topological polar surface area (TPSA) is 35.5 Å². The molecule has 5 aromatic carbocycles. The minimum Gasteiger partial charge on any atom is -0.496 e. The first-order valence-electron chi connectivity index (χ1n) is 10.6. The van der Waals surface area contributed by atoms with E-state index in [1.54, 1.807) is 7.11 Å². The van der Waals surface area contributed by atoms with Crippen molar-refractivity contribution in [3.05, 3.63) is 114 Å². The average molecular weight is 416 g/mol. The highest BCUT2D eigenvalue weighted by Gasteiger charge is 2.37. The molecule has 0 aromatic heterocycles. The molecule has 1 heterocycles. The van der Waals surface area contributed by atoms with E-state index >= 15 is 0 Å². The summed E-state index contributed by atoms with van der Waals surface area (Å²) in [6, 6.07) is 32.4. The second kappa shape index (κ2) is 7.24. The molecule has 3 nitrogen and oxygen atoms in total. The maximum atomic E-state index is 13.0. The van der Waals surface area contributed by atoms with Crippen molar-refractivity contribution < 1.29 is 14.3 Å². The van der Waals surface area contributed by atoms with Crippen LogP contribution in [0.5, 0.6) is 5.75 Å². The van der Waals surface area contributed by atoms with Crippen LogP contribution in [-0.4, -0.2) is 13.1 Å². The second-order valence-electron chi connectivity index (χ2n) is 7.99. The van der Waals surface area contributed by atoms with Gasteiger partial charge in [-0.2, -0.15) is 0 Å². The van der Waals surface area contributed by atoms with Crippen molar-refractivity contribution in [2.75, 3.05) is 7.11 Å². The van der Waals surface area contributed by atoms with Gasteiger partial charge in [-0.25, -0.2) is 4.79 Å². The van der Waals surface area contributed by atoms with Gasteiger partial charge < -0.3 is 9.47 Å². The molecule has 5 aromatic rings. The Morgan fingerprint density at radius 1 is 0.719 bits per heavy atom. The normalized spacial score (nSPS) is 15.0. The van der Waals surface area contributed by atoms with Crippen LogP contribution >= 0.6 is 0 Å². The Morgan fingerprint density at radius 2 is 1.38 bits per heavy atom. The lowest BCUT2D eigenvalue weighted by molar-refractivity contribution is 0.0456. The molecule has 0 N–H and O–H groups in total. The molecule has 0 saturated heterocycles. The van der Waals surface area contributed by atoms with Crippen LogP contribution in [0.2, 0.25) is 0 Å². The van der Waals surface area contributed by atoms with Crippen LogP contribution in [0.1, 0.15) is 27.6 Å². The molecule has 1 aliphatic rings. The van der Waals surface area contributed by atoms with Gasteiger partial charge in [0, 0.05) is 16.7 Å². The number of carbonyl (C=O) groups excluding carboxylic acids is 1. The van der Waals surface area contributed by atoms with Crippen molar-refractivity contribution in [3.63, 3.8) is 0 Å². The summed E-state index contributed by atoms with van der Waals surface area (Å²) in [4.78, 5) is 13.0. The zero-order valence-corrected chi connectivity index (χ0v) is 17.5. The molecular formula is C29H20O3. The van der Waals surface area contributed by atoms with Crippen molar-refractivity contribution in [1.82, 2.24) is 0 Å². The summed E-state index contributed by atoms with van der Waals surface area (Å²) in [7, 11) is 1.69. The first-order chi connectivity index (χ1) is 15.8. The van der Waals surface area contributed by atoms with Gasteiger partial charge in [-0.05, 0) is 39.2 Å². The standard InChI is InChI=1S/C29H20O3/c1-31-24-16-15-18-9-5-7-13-21(18)25(24)26-22-14-8-6-12-20(22)17-23-27(26)28(32-29(23)30)19-10-3-2-4-11-19/h2-17,28H,1H3/t28-/m1/s1. The van der Waals surface area contributed by atoms with E-state index in [0.29, 0.717) is 5.56 Å². The smallest absolute Gasteiger partial charge is 0.339 e. The lowest BCUT2D eigenvalue weighted by Gasteiger charge is -2.20. The largest absolute Gasteiger partial charge is 0.496 e. The highest BCUT2D eigenvalue weighted by Crippen LogP contribution is 2.49. The fourth-order valence-corrected chi connectivity index (χ4v) is 4.85. The number of cyclic esters (lactones) is 1. The predicted octanol–water partition coefficient (Wildman–Crippen LogP) is 6.93. The third-order valence-corrected chi connectivity index (χ3v) is 6.26. The van der Waals surface area contributed by atoms with Crippen LogP contribution in [0.25, 0.3) is 32.7 Å². The number of ether oxygens (including phenoxy) is 2. The van der Waals surface area contributed by atoms with Crippen LogP contribution < -0.4 is 4.74 Å². The Bertz CT molecular complexity index is 1500. The number of hydrogen-bond donors (Lipinski definition) is 0. The van der Waals surface area contributed by atoms with Crippen LogP contribution in [0, 0.1) is 0 Å². The summed E-state index contributed by atoms with van der Waals surface area (Å²) < 4.78 is 11.8. The van der Waals surface area contributed by atoms with Crippen molar-refractivity contribution in [2.45, 2.75) is 6.10 Å². The van der Waals surface area contributed by atoms with Crippen LogP contribution in [-0.2, 0) is 4.74 Å². The third kappa shape index (κ3) is 2.71. The number of carbonyl (C=O) groups is 1. The van der Waals surface area contributed by atoms with E-state index in [0.717, 1.165) is 49.5 Å². The zero-order chi connectivity index (χ0) is 21.7. The van der Waals surface area contributed by atoms with E-state index < -0.39 is 6.10 Å². The fraction of sp³-hybridized carbons (Fsp3) is 0.0690. The molecule has 0 fully saturated rings. The number of rotatable bonds is 3. The highest BCUT2D eigenvalue weighted by atomic mass is 16.5. The van der Waals surface area contributed by atoms with Crippen LogP contribution in [0.15, 0.2) is 97.1 Å². The number of methoxy groups -OCH3 is 1. The molecule has 6 rings (SSSR count). The fourth-order valence-electron chi connectivity index (χ4n) is 4.85. The number of hydrogen-bond acceptors (Lipinski definition) is 3. The Balaban J connectivity index is 1.80. The molecule has 0 radical (unpaired) electrons. The second-order valence-corrected chi connectivity index (χ2v) is 7.99. The van der Waals surface area contributed by atoms with E-state index in [9.17, 15) is 4.79 Å². The van der Waals surface area contributed by atoms with Crippen molar-refractivity contribution >= 4 is 27.5 Å². The van der Waals surface area contributed by atoms with E-state index in [4.69, 9.17) is 9.47 Å². The summed E-state index contributed by atoms with van der Waals surface area (Å²) in [5.74, 6) is 0.480. The molecule has 0 amide bonds. The van der Waals surface area contributed by atoms with Crippen LogP contribution in [0.3, 0.4) is 0 Å². The monoisotopic (exact) mass is 416 g/mol. The van der Waals surface area contributed by atoms with Gasteiger partial charge in [0.1, 0.15) is 5.75 Å². The molecule has 3 heteroatoms. The third-order valence-electron chi connectivity index (χ3n) is 6.26. The van der Waals surface area contributed by atoms with Crippen molar-refractivity contribution in [3.8, 4) is 16.9 Å². The Hall–Kier alpha value is -4.11. The summed E-state index contributed by atoms with van der Waals surface area (Å²) in [6.45, 7) is 0. The summed E-state index contributed by atoms with van der Waals surface area (Å²) in [5, 5.41) is 4.27. The predicted molar refractivity (Wildman–Crippen MR) is 127 cm³/mol. The Morgan fingerprint density at radius 3 is 2.12 bits per heavy atom. The van der Waals surface area contributed by atoms with E-state index in [-0.39, 0.29) is 5.97 Å². The molecule has 0 saturated carbocycles. The molecule has 0 unspecified atom stereocenters. The van der Waals surface area contributed by atoms with Gasteiger partial charge in [0.25, 0.3) is 0 Å². The first kappa shape index (κ1) is 18.6. The Kier molecular flexibility index (Phi) is 4.22. The zero-order valence-electron chi connectivity index (χ0n) is 17.5. The Labute approximate surface area is 185 Å². The molecule has 154 valence electrons. The van der Waals surface area contributed by atoms with Gasteiger partial charge in [0.15, 0.2) is 6.10 Å². The van der Waals surface area contributed by atoms with Crippen molar-refractivity contribution in [1.29, 1.82) is 0 Å². The summed E-state index contributed by atoms with van der Waals surface area (Å²) >= 11 is 0. The highest BCUT2D eigenvalue weighted by molar-refractivity contribution is 6.13. The molecule has 32 heavy (non-hydrogen) atoms. The van der Waals surface area contributed by atoms with Gasteiger partial charge in [-0.15, -0.1) is 0 Å². The molecule has 0 aliphatic carbocycles. The summed E-state index contributed by atoms with van der Waals surface area (Å²) in [6.07, 6.45) is -0.470. The van der Waals surface area contributed by atoms with E-state index in [2.05, 4.69) is 24.3 Å². The van der Waals surface area contributed by atoms with Gasteiger partial charge >= 0.3 is 5.97 Å². The van der Waals surface area contributed by atoms with Gasteiger partial charge in [-0.3, -0.25) is 0 Å². The molecule has 0 bridgehead atoms. The maximum Gasteiger partial charge on any atom is 0.339 e. The quantitative estimate of drug-likeness (QED) is 0.299. The lowest BCUT2D eigenvalue weighted by atomic mass is 9.84. The summed E-state index contributed by atoms with van der Waals surface area (Å²) in [5.41, 5.74) is 4.44. The molecular weight excluding hydrogens is 396 g/mol. The first-order valence-corrected chi connectivity index (χ1v) is 10.6. The maximum absolute atomic E-state index is 13.0. The van der Waals surface area contributed by atoms with Gasteiger partial charge in [-0.1, -0.05) is 84.9 Å². The number of fused-ring (bicyclic) bond motifs is 3. The number of esters is 1. The van der Waals surface area contributed by atoms with E-state index in [1.165, 1.54) is 0 Å². The number of benzene rings is 5. The van der Waals surface area contributed by atoms with Gasteiger partial charge in [0.2, 0.25) is 0 Å².